The number of hydrogen-bond donors (Lipinski definition) is 2. The standard InChI is InChI=1S/C13H14N4O2/c1-9-3-4-10(15-8-18)5-11(9)16-13(19)12-6-14-7-17(12)2/h3-8H,1-2H3,(H,15,18)(H,16,19). The van der Waals surface area contributed by atoms with Crippen LogP contribution in [0, 0.1) is 6.92 Å². The van der Waals surface area contributed by atoms with E-state index in [9.17, 15) is 9.59 Å². The highest BCUT2D eigenvalue weighted by Crippen LogP contribution is 2.20. The number of aryl methyl sites for hydroxylation is 2. The quantitative estimate of drug-likeness (QED) is 0.817. The molecular weight excluding hydrogens is 244 g/mol. The van der Waals surface area contributed by atoms with E-state index in [2.05, 4.69) is 15.6 Å². The first-order valence-corrected chi connectivity index (χ1v) is 5.70. The first-order chi connectivity index (χ1) is 9.11. The number of nitrogens with zero attached hydrogens (tertiary/aromatic N) is 2. The third-order valence-corrected chi connectivity index (χ3v) is 2.76. The molecule has 0 radical (unpaired) electrons. The third-order valence-electron chi connectivity index (χ3n) is 2.76. The Labute approximate surface area is 110 Å². The number of benzene rings is 1. The Balaban J connectivity index is 2.23. The van der Waals surface area contributed by atoms with Gasteiger partial charge in [-0.15, -0.1) is 0 Å². The van der Waals surface area contributed by atoms with E-state index in [0.717, 1.165) is 5.56 Å². The molecule has 0 unspecified atom stereocenters. The smallest absolute Gasteiger partial charge is 0.273 e. The molecule has 6 heteroatoms. The van der Waals surface area contributed by atoms with Crippen molar-refractivity contribution in [2.24, 2.45) is 7.05 Å². The molecule has 0 saturated carbocycles. The number of nitrogens with one attached hydrogen (secondary N) is 2. The maximum Gasteiger partial charge on any atom is 0.273 e. The monoisotopic (exact) mass is 258 g/mol. The van der Waals surface area contributed by atoms with Gasteiger partial charge in [-0.25, -0.2) is 4.98 Å². The maximum atomic E-state index is 12.1. The van der Waals surface area contributed by atoms with Gasteiger partial charge in [0.05, 0.1) is 12.5 Å². The Morgan fingerprint density at radius 1 is 1.42 bits per heavy atom. The Morgan fingerprint density at radius 3 is 2.84 bits per heavy atom. The van der Waals surface area contributed by atoms with Gasteiger partial charge >= 0.3 is 0 Å². The SMILES string of the molecule is Cc1ccc(NC=O)cc1NC(=O)c1cncn1C. The Morgan fingerprint density at radius 2 is 2.21 bits per heavy atom. The molecule has 2 aromatic rings. The van der Waals surface area contributed by atoms with Crippen molar-refractivity contribution >= 4 is 23.7 Å². The molecule has 0 aliphatic carbocycles. The predicted octanol–water partition coefficient (Wildman–Crippen LogP) is 1.55. The lowest BCUT2D eigenvalue weighted by atomic mass is 10.1. The molecule has 2 rings (SSSR count). The molecule has 6 nitrogen and oxygen atoms in total. The summed E-state index contributed by atoms with van der Waals surface area (Å²) in [7, 11) is 1.75. The number of carbonyl (C=O) groups is 2. The van der Waals surface area contributed by atoms with Gasteiger partial charge in [0.15, 0.2) is 0 Å². The summed E-state index contributed by atoms with van der Waals surface area (Å²) in [5, 5.41) is 5.34. The van der Waals surface area contributed by atoms with Gasteiger partial charge in [0, 0.05) is 18.4 Å². The molecule has 1 aromatic heterocycles. The van der Waals surface area contributed by atoms with Crippen molar-refractivity contribution in [2.75, 3.05) is 10.6 Å². The number of hydrogen-bond acceptors (Lipinski definition) is 3. The van der Waals surface area contributed by atoms with Crippen LogP contribution in [0.15, 0.2) is 30.7 Å². The minimum Gasteiger partial charge on any atom is -0.330 e. The molecule has 0 saturated heterocycles. The molecule has 0 aliphatic rings. The van der Waals surface area contributed by atoms with E-state index >= 15 is 0 Å². The third kappa shape index (κ3) is 2.79. The molecule has 2 amide bonds. The summed E-state index contributed by atoms with van der Waals surface area (Å²) >= 11 is 0. The zero-order valence-electron chi connectivity index (χ0n) is 10.7. The summed E-state index contributed by atoms with van der Waals surface area (Å²) in [5.74, 6) is -0.244. The second-order valence-corrected chi connectivity index (χ2v) is 4.14. The van der Waals surface area contributed by atoms with Gasteiger partial charge < -0.3 is 15.2 Å². The molecule has 19 heavy (non-hydrogen) atoms. The van der Waals surface area contributed by atoms with Crippen molar-refractivity contribution in [1.82, 2.24) is 9.55 Å². The van der Waals surface area contributed by atoms with Crippen molar-refractivity contribution in [3.05, 3.63) is 42.0 Å². The van der Waals surface area contributed by atoms with Gasteiger partial charge in [-0.3, -0.25) is 9.59 Å². The summed E-state index contributed by atoms with van der Waals surface area (Å²) < 4.78 is 1.64. The van der Waals surface area contributed by atoms with E-state index in [1.165, 1.54) is 6.20 Å². The van der Waals surface area contributed by atoms with Crippen LogP contribution in [0.5, 0.6) is 0 Å². The molecule has 2 N–H and O–H groups in total. The molecule has 1 heterocycles. The highest BCUT2D eigenvalue weighted by Gasteiger charge is 2.11. The Bertz CT molecular complexity index is 619. The van der Waals surface area contributed by atoms with E-state index in [0.29, 0.717) is 23.5 Å². The fourth-order valence-electron chi connectivity index (χ4n) is 1.68. The van der Waals surface area contributed by atoms with Crippen LogP contribution in [0.4, 0.5) is 11.4 Å². The topological polar surface area (TPSA) is 76.0 Å². The van der Waals surface area contributed by atoms with Crippen LogP contribution in [0.1, 0.15) is 16.1 Å². The van der Waals surface area contributed by atoms with Gasteiger partial charge in [-0.2, -0.15) is 0 Å². The van der Waals surface area contributed by atoms with Gasteiger partial charge in [0.2, 0.25) is 6.41 Å². The van der Waals surface area contributed by atoms with Crippen molar-refractivity contribution in [3.8, 4) is 0 Å². The maximum absolute atomic E-state index is 12.1. The van der Waals surface area contributed by atoms with Crippen LogP contribution in [0.25, 0.3) is 0 Å². The summed E-state index contributed by atoms with van der Waals surface area (Å²) in [6.45, 7) is 1.88. The molecule has 0 aliphatic heterocycles. The normalized spacial score (nSPS) is 10.0. The number of amides is 2. The lowest BCUT2D eigenvalue weighted by Crippen LogP contribution is -2.16. The van der Waals surface area contributed by atoms with Crippen molar-refractivity contribution < 1.29 is 9.59 Å². The summed E-state index contributed by atoms with van der Waals surface area (Å²) in [6, 6.07) is 5.30. The van der Waals surface area contributed by atoms with E-state index in [4.69, 9.17) is 0 Å². The second-order valence-electron chi connectivity index (χ2n) is 4.14. The predicted molar refractivity (Wildman–Crippen MR) is 72.0 cm³/mol. The second kappa shape index (κ2) is 5.34. The molecule has 0 atom stereocenters. The highest BCUT2D eigenvalue weighted by atomic mass is 16.2. The zero-order chi connectivity index (χ0) is 13.8. The summed E-state index contributed by atoms with van der Waals surface area (Å²) in [4.78, 5) is 26.4. The zero-order valence-corrected chi connectivity index (χ0v) is 10.7. The van der Waals surface area contributed by atoms with Gasteiger partial charge in [-0.05, 0) is 24.6 Å². The van der Waals surface area contributed by atoms with Crippen molar-refractivity contribution in [1.29, 1.82) is 0 Å². The number of imidazole rings is 1. The van der Waals surface area contributed by atoms with Crippen LogP contribution in [0.2, 0.25) is 0 Å². The molecule has 1 aromatic carbocycles. The molecule has 0 fully saturated rings. The molecule has 98 valence electrons. The van der Waals surface area contributed by atoms with Crippen LogP contribution in [-0.2, 0) is 11.8 Å². The van der Waals surface area contributed by atoms with E-state index < -0.39 is 0 Å². The fourth-order valence-corrected chi connectivity index (χ4v) is 1.68. The fraction of sp³-hybridized carbons (Fsp3) is 0.154. The van der Waals surface area contributed by atoms with Crippen LogP contribution >= 0.6 is 0 Å². The van der Waals surface area contributed by atoms with Crippen LogP contribution in [0.3, 0.4) is 0 Å². The number of anilines is 2. The van der Waals surface area contributed by atoms with E-state index in [1.807, 2.05) is 13.0 Å². The van der Waals surface area contributed by atoms with Crippen LogP contribution < -0.4 is 10.6 Å². The lowest BCUT2D eigenvalue weighted by molar-refractivity contribution is -0.105. The van der Waals surface area contributed by atoms with E-state index in [1.54, 1.807) is 30.1 Å². The largest absolute Gasteiger partial charge is 0.330 e. The number of carbonyl (C=O) groups excluding carboxylic acids is 2. The van der Waals surface area contributed by atoms with Gasteiger partial charge in [0.25, 0.3) is 5.91 Å². The van der Waals surface area contributed by atoms with Crippen molar-refractivity contribution in [3.63, 3.8) is 0 Å². The lowest BCUT2D eigenvalue weighted by Gasteiger charge is -2.10. The highest BCUT2D eigenvalue weighted by molar-refractivity contribution is 6.03. The van der Waals surface area contributed by atoms with Crippen molar-refractivity contribution in [2.45, 2.75) is 6.92 Å². The summed E-state index contributed by atoms with van der Waals surface area (Å²) in [5.41, 5.74) is 2.65. The van der Waals surface area contributed by atoms with E-state index in [-0.39, 0.29) is 5.91 Å². The Kier molecular flexibility index (Phi) is 3.61. The molecule has 0 bridgehead atoms. The van der Waals surface area contributed by atoms with Gasteiger partial charge in [-0.1, -0.05) is 6.07 Å². The number of rotatable bonds is 4. The average Bonchev–Trinajstić information content (AvgIpc) is 2.80. The molecular formula is C13H14N4O2. The van der Waals surface area contributed by atoms with Gasteiger partial charge in [0.1, 0.15) is 5.69 Å². The van der Waals surface area contributed by atoms with Crippen LogP contribution in [-0.4, -0.2) is 21.9 Å². The first kappa shape index (κ1) is 12.8. The summed E-state index contributed by atoms with van der Waals surface area (Å²) in [6.07, 6.45) is 3.65. The Hall–Kier alpha value is -2.63. The number of aromatic nitrogens is 2. The first-order valence-electron chi connectivity index (χ1n) is 5.70. The minimum atomic E-state index is -0.244. The average molecular weight is 258 g/mol. The minimum absolute atomic E-state index is 0.244. The molecule has 0 spiro atoms.